The Balaban J connectivity index is 2.15. The summed E-state index contributed by atoms with van der Waals surface area (Å²) < 4.78 is 60.6. The highest BCUT2D eigenvalue weighted by Crippen LogP contribution is 2.34. The average Bonchev–Trinajstić information content (AvgIpc) is 2.69. The van der Waals surface area contributed by atoms with Crippen LogP contribution in [0.15, 0.2) is 77.7 Å². The zero-order valence-corrected chi connectivity index (χ0v) is 16.2. The number of sulfonamides is 1. The van der Waals surface area contributed by atoms with E-state index >= 15 is 0 Å². The minimum atomic E-state index is -4.24. The van der Waals surface area contributed by atoms with Crippen molar-refractivity contribution in [2.45, 2.75) is 17.9 Å². The second kappa shape index (κ2) is 7.98. The summed E-state index contributed by atoms with van der Waals surface area (Å²) in [4.78, 5) is -0.431. The van der Waals surface area contributed by atoms with Crippen LogP contribution in [-0.2, 0) is 10.0 Å². The molecular weight excluding hydrogens is 384 g/mol. The molecule has 0 aliphatic heterocycles. The van der Waals surface area contributed by atoms with Crippen molar-refractivity contribution in [2.75, 3.05) is 11.4 Å². The van der Waals surface area contributed by atoms with E-state index in [4.69, 9.17) is 4.74 Å². The number of hydrogen-bond donors (Lipinski definition) is 0. The Morgan fingerprint density at radius 3 is 2.07 bits per heavy atom. The van der Waals surface area contributed by atoms with E-state index in [1.165, 1.54) is 49.6 Å². The molecule has 7 heteroatoms. The zero-order valence-electron chi connectivity index (χ0n) is 15.3. The van der Waals surface area contributed by atoms with Crippen LogP contribution in [0.2, 0.25) is 0 Å². The summed E-state index contributed by atoms with van der Waals surface area (Å²) in [5, 5.41) is 0. The molecule has 0 spiro atoms. The first-order valence-corrected chi connectivity index (χ1v) is 9.97. The van der Waals surface area contributed by atoms with Gasteiger partial charge in [-0.25, -0.2) is 17.2 Å². The number of ether oxygens (including phenoxy) is 1. The third-order valence-corrected chi connectivity index (χ3v) is 6.34. The van der Waals surface area contributed by atoms with Crippen molar-refractivity contribution < 1.29 is 21.9 Å². The van der Waals surface area contributed by atoms with Crippen molar-refractivity contribution >= 4 is 15.7 Å². The fourth-order valence-electron chi connectivity index (χ4n) is 2.94. The van der Waals surface area contributed by atoms with Crippen molar-refractivity contribution in [3.05, 3.63) is 90.0 Å². The van der Waals surface area contributed by atoms with Crippen molar-refractivity contribution in [3.63, 3.8) is 0 Å². The van der Waals surface area contributed by atoms with Crippen LogP contribution in [0.1, 0.15) is 18.5 Å². The number of methoxy groups -OCH3 is 1. The Labute approximate surface area is 163 Å². The molecule has 0 heterocycles. The highest BCUT2D eigenvalue weighted by atomic mass is 32.2. The van der Waals surface area contributed by atoms with Crippen molar-refractivity contribution in [1.29, 1.82) is 0 Å². The molecule has 0 bridgehead atoms. The first-order chi connectivity index (χ1) is 13.3. The maximum absolute atomic E-state index is 14.3. The van der Waals surface area contributed by atoms with Gasteiger partial charge in [0.2, 0.25) is 0 Å². The van der Waals surface area contributed by atoms with Gasteiger partial charge in [-0.15, -0.1) is 0 Å². The molecule has 0 saturated heterocycles. The Bertz CT molecular complexity index is 1050. The normalized spacial score (nSPS) is 12.4. The summed E-state index contributed by atoms with van der Waals surface area (Å²) in [6.45, 7) is 1.66. The molecule has 0 aliphatic rings. The molecule has 0 aliphatic carbocycles. The van der Waals surface area contributed by atoms with E-state index in [9.17, 15) is 17.2 Å². The Morgan fingerprint density at radius 1 is 0.893 bits per heavy atom. The number of hydrogen-bond acceptors (Lipinski definition) is 3. The lowest BCUT2D eigenvalue weighted by atomic mass is 10.1. The Morgan fingerprint density at radius 2 is 1.50 bits per heavy atom. The molecule has 0 amide bonds. The molecule has 0 unspecified atom stereocenters. The SMILES string of the molecule is COc1ccc(N([C@H](C)c2ccc(F)cc2)S(=O)(=O)c2ccccc2F)cc1. The summed E-state index contributed by atoms with van der Waals surface area (Å²) in [5.74, 6) is -0.711. The number of halogens is 2. The van der Waals surface area contributed by atoms with Gasteiger partial charge in [0, 0.05) is 0 Å². The molecular formula is C21H19F2NO3S. The summed E-state index contributed by atoms with van der Waals surface area (Å²) >= 11 is 0. The van der Waals surface area contributed by atoms with Crippen LogP contribution in [0.4, 0.5) is 14.5 Å². The summed E-state index contributed by atoms with van der Waals surface area (Å²) in [7, 11) is -2.73. The number of nitrogens with zero attached hydrogens (tertiary/aromatic N) is 1. The molecule has 0 aromatic heterocycles. The number of anilines is 1. The van der Waals surface area contributed by atoms with Crippen LogP contribution in [0.3, 0.4) is 0 Å². The van der Waals surface area contributed by atoms with E-state index in [1.54, 1.807) is 31.2 Å². The van der Waals surface area contributed by atoms with Gasteiger partial charge in [0.25, 0.3) is 10.0 Å². The molecule has 4 nitrogen and oxygen atoms in total. The maximum Gasteiger partial charge on any atom is 0.267 e. The molecule has 0 radical (unpaired) electrons. The second-order valence-electron chi connectivity index (χ2n) is 6.16. The highest BCUT2D eigenvalue weighted by molar-refractivity contribution is 7.92. The van der Waals surface area contributed by atoms with Gasteiger partial charge in [0.1, 0.15) is 22.3 Å². The molecule has 0 saturated carbocycles. The van der Waals surface area contributed by atoms with Gasteiger partial charge < -0.3 is 4.74 Å². The van der Waals surface area contributed by atoms with E-state index in [-0.39, 0.29) is 0 Å². The summed E-state index contributed by atoms with van der Waals surface area (Å²) in [6, 6.07) is 16.4. The topological polar surface area (TPSA) is 46.6 Å². The van der Waals surface area contributed by atoms with E-state index in [0.717, 1.165) is 10.4 Å². The van der Waals surface area contributed by atoms with Crippen molar-refractivity contribution in [3.8, 4) is 5.75 Å². The molecule has 0 N–H and O–H groups in total. The van der Waals surface area contributed by atoms with Crippen LogP contribution in [0.5, 0.6) is 5.75 Å². The average molecular weight is 403 g/mol. The third-order valence-electron chi connectivity index (χ3n) is 4.40. The monoisotopic (exact) mass is 403 g/mol. The van der Waals surface area contributed by atoms with Gasteiger partial charge in [-0.2, -0.15) is 0 Å². The predicted octanol–water partition coefficient (Wildman–Crippen LogP) is 4.93. The Kier molecular flexibility index (Phi) is 5.65. The van der Waals surface area contributed by atoms with Crippen LogP contribution in [-0.4, -0.2) is 15.5 Å². The van der Waals surface area contributed by atoms with E-state index < -0.39 is 32.6 Å². The molecule has 3 rings (SSSR count). The number of rotatable bonds is 6. The minimum Gasteiger partial charge on any atom is -0.497 e. The standard InChI is InChI=1S/C21H19F2NO3S/c1-15(16-7-9-17(22)10-8-16)24(18-11-13-19(27-2)14-12-18)28(25,26)21-6-4-3-5-20(21)23/h3-15H,1-2H3/t15-/m1/s1. The van der Waals surface area contributed by atoms with Gasteiger partial charge in [-0.05, 0) is 61.0 Å². The van der Waals surface area contributed by atoms with E-state index in [0.29, 0.717) is 17.0 Å². The molecule has 146 valence electrons. The van der Waals surface area contributed by atoms with E-state index in [2.05, 4.69) is 0 Å². The van der Waals surface area contributed by atoms with Gasteiger partial charge in [-0.3, -0.25) is 4.31 Å². The van der Waals surface area contributed by atoms with Gasteiger partial charge in [-0.1, -0.05) is 24.3 Å². The van der Waals surface area contributed by atoms with Crippen LogP contribution < -0.4 is 9.04 Å². The second-order valence-corrected chi connectivity index (χ2v) is 7.94. The Hall–Kier alpha value is -2.93. The smallest absolute Gasteiger partial charge is 0.267 e. The van der Waals surface area contributed by atoms with Crippen LogP contribution >= 0.6 is 0 Å². The van der Waals surface area contributed by atoms with Gasteiger partial charge in [0.15, 0.2) is 0 Å². The molecule has 3 aromatic carbocycles. The number of benzene rings is 3. The van der Waals surface area contributed by atoms with Crippen molar-refractivity contribution in [2.24, 2.45) is 0 Å². The van der Waals surface area contributed by atoms with Gasteiger partial charge >= 0.3 is 0 Å². The molecule has 28 heavy (non-hydrogen) atoms. The molecule has 1 atom stereocenters. The highest BCUT2D eigenvalue weighted by Gasteiger charge is 2.32. The third kappa shape index (κ3) is 3.84. The zero-order chi connectivity index (χ0) is 20.3. The lowest BCUT2D eigenvalue weighted by Crippen LogP contribution is -2.34. The lowest BCUT2D eigenvalue weighted by molar-refractivity contribution is 0.415. The first kappa shape index (κ1) is 19.8. The summed E-state index contributed by atoms with van der Waals surface area (Å²) in [6.07, 6.45) is 0. The van der Waals surface area contributed by atoms with Crippen LogP contribution in [0, 0.1) is 11.6 Å². The molecule has 0 fully saturated rings. The summed E-state index contributed by atoms with van der Waals surface area (Å²) in [5.41, 5.74) is 0.901. The molecule has 3 aromatic rings. The first-order valence-electron chi connectivity index (χ1n) is 8.53. The van der Waals surface area contributed by atoms with Gasteiger partial charge in [0.05, 0.1) is 18.8 Å². The predicted molar refractivity (Wildman–Crippen MR) is 104 cm³/mol. The largest absolute Gasteiger partial charge is 0.497 e. The van der Waals surface area contributed by atoms with Crippen molar-refractivity contribution in [1.82, 2.24) is 0 Å². The maximum atomic E-state index is 14.3. The van der Waals surface area contributed by atoms with E-state index in [1.807, 2.05) is 0 Å². The fourth-order valence-corrected chi connectivity index (χ4v) is 4.65. The fraction of sp³-hybridized carbons (Fsp3) is 0.143. The quantitative estimate of drug-likeness (QED) is 0.586. The lowest BCUT2D eigenvalue weighted by Gasteiger charge is -2.31. The minimum absolute atomic E-state index is 0.334. The van der Waals surface area contributed by atoms with Crippen LogP contribution in [0.25, 0.3) is 0 Å².